The molecule has 1 aliphatic rings. The SMILES string of the molecule is COc1ccc(NS(=O)(=O)C2NNC(C)C2C(=O)NCc2cc(F)cc(F)c2)cc1. The van der Waals surface area contributed by atoms with Crippen molar-refractivity contribution >= 4 is 21.6 Å². The Balaban J connectivity index is 1.71. The smallest absolute Gasteiger partial charge is 0.250 e. The van der Waals surface area contributed by atoms with Gasteiger partial charge < -0.3 is 10.1 Å². The number of sulfonamides is 1. The van der Waals surface area contributed by atoms with E-state index in [1.54, 1.807) is 19.1 Å². The van der Waals surface area contributed by atoms with Gasteiger partial charge in [-0.1, -0.05) is 0 Å². The second kappa shape index (κ2) is 8.94. The van der Waals surface area contributed by atoms with Crippen molar-refractivity contribution in [2.45, 2.75) is 24.9 Å². The Morgan fingerprint density at radius 1 is 1.10 bits per heavy atom. The Morgan fingerprint density at radius 3 is 2.33 bits per heavy atom. The Hall–Kier alpha value is -2.76. The summed E-state index contributed by atoms with van der Waals surface area (Å²) in [5, 5.41) is 1.28. The van der Waals surface area contributed by atoms with Crippen LogP contribution in [0.25, 0.3) is 0 Å². The second-order valence-corrected chi connectivity index (χ2v) is 8.70. The molecule has 0 radical (unpaired) electrons. The highest BCUT2D eigenvalue weighted by Gasteiger charge is 2.46. The molecule has 30 heavy (non-hydrogen) atoms. The standard InChI is InChI=1S/C19H22F2N4O4S/c1-11-17(18(26)22-10-12-7-13(20)9-14(21)8-12)19(24-23-11)30(27,28)25-15-3-5-16(29-2)6-4-15/h3-9,11,17,19,23-25H,10H2,1-2H3,(H,22,26). The molecule has 0 aliphatic carbocycles. The van der Waals surface area contributed by atoms with E-state index in [1.165, 1.54) is 19.2 Å². The molecule has 162 valence electrons. The summed E-state index contributed by atoms with van der Waals surface area (Å²) in [4.78, 5) is 12.7. The van der Waals surface area contributed by atoms with Gasteiger partial charge in [0.25, 0.3) is 10.0 Å². The zero-order chi connectivity index (χ0) is 21.9. The fourth-order valence-corrected chi connectivity index (χ4v) is 4.76. The summed E-state index contributed by atoms with van der Waals surface area (Å²) < 4.78 is 59.8. The second-order valence-electron chi connectivity index (χ2n) is 6.89. The van der Waals surface area contributed by atoms with Crippen LogP contribution in [0, 0.1) is 17.6 Å². The maximum atomic E-state index is 13.3. The summed E-state index contributed by atoms with van der Waals surface area (Å²) >= 11 is 0. The lowest BCUT2D eigenvalue weighted by molar-refractivity contribution is -0.125. The first-order chi connectivity index (χ1) is 14.2. The van der Waals surface area contributed by atoms with Gasteiger partial charge in [-0.25, -0.2) is 22.6 Å². The fourth-order valence-electron chi connectivity index (χ4n) is 3.20. The number of hydrogen-bond acceptors (Lipinski definition) is 6. The lowest BCUT2D eigenvalue weighted by atomic mass is 10.0. The zero-order valence-electron chi connectivity index (χ0n) is 16.3. The Labute approximate surface area is 173 Å². The van der Waals surface area contributed by atoms with Gasteiger partial charge >= 0.3 is 0 Å². The molecule has 8 nitrogen and oxygen atoms in total. The van der Waals surface area contributed by atoms with E-state index in [-0.39, 0.29) is 12.1 Å². The van der Waals surface area contributed by atoms with Gasteiger partial charge in [0.2, 0.25) is 5.91 Å². The van der Waals surface area contributed by atoms with Gasteiger partial charge in [0.1, 0.15) is 17.4 Å². The molecule has 2 aromatic rings. The molecule has 3 atom stereocenters. The van der Waals surface area contributed by atoms with Crippen LogP contribution in [0.5, 0.6) is 5.75 Å². The number of benzene rings is 2. The Kier molecular flexibility index (Phi) is 6.54. The van der Waals surface area contributed by atoms with Crippen molar-refractivity contribution < 1.29 is 26.7 Å². The first-order valence-corrected chi connectivity index (χ1v) is 10.6. The minimum Gasteiger partial charge on any atom is -0.497 e. The van der Waals surface area contributed by atoms with Crippen molar-refractivity contribution in [2.75, 3.05) is 11.8 Å². The number of hydrogen-bond donors (Lipinski definition) is 4. The Bertz CT molecular complexity index is 997. The van der Waals surface area contributed by atoms with Crippen LogP contribution in [0.3, 0.4) is 0 Å². The number of amides is 1. The van der Waals surface area contributed by atoms with E-state index in [4.69, 9.17) is 4.74 Å². The number of methoxy groups -OCH3 is 1. The monoisotopic (exact) mass is 440 g/mol. The predicted molar refractivity (Wildman–Crippen MR) is 107 cm³/mol. The first kappa shape index (κ1) is 21.9. The van der Waals surface area contributed by atoms with Crippen LogP contribution in [0.15, 0.2) is 42.5 Å². The van der Waals surface area contributed by atoms with E-state index in [0.717, 1.165) is 18.2 Å². The summed E-state index contributed by atoms with van der Waals surface area (Å²) in [7, 11) is -2.51. The summed E-state index contributed by atoms with van der Waals surface area (Å²) in [6.07, 6.45) is 0. The van der Waals surface area contributed by atoms with Gasteiger partial charge in [0.15, 0.2) is 5.37 Å². The molecule has 0 aromatic heterocycles. The zero-order valence-corrected chi connectivity index (χ0v) is 17.1. The molecule has 0 spiro atoms. The largest absolute Gasteiger partial charge is 0.497 e. The van der Waals surface area contributed by atoms with Crippen LogP contribution in [0.2, 0.25) is 0 Å². The number of carbonyl (C=O) groups is 1. The molecule has 0 saturated carbocycles. The minimum absolute atomic E-state index is 0.143. The summed E-state index contributed by atoms with van der Waals surface area (Å²) in [5.41, 5.74) is 5.92. The number of rotatable bonds is 7. The topological polar surface area (TPSA) is 109 Å². The third-order valence-corrected chi connectivity index (χ3v) is 6.29. The highest BCUT2D eigenvalue weighted by Crippen LogP contribution is 2.23. The van der Waals surface area contributed by atoms with Gasteiger partial charge in [0, 0.05) is 24.3 Å². The van der Waals surface area contributed by atoms with E-state index >= 15 is 0 Å². The number of carbonyl (C=O) groups excluding carboxylic acids is 1. The highest BCUT2D eigenvalue weighted by molar-refractivity contribution is 7.93. The van der Waals surface area contributed by atoms with Crippen LogP contribution >= 0.6 is 0 Å². The van der Waals surface area contributed by atoms with Crippen LogP contribution in [0.1, 0.15) is 12.5 Å². The summed E-state index contributed by atoms with van der Waals surface area (Å²) in [6, 6.07) is 8.68. The van der Waals surface area contributed by atoms with E-state index in [9.17, 15) is 22.0 Å². The fraction of sp³-hybridized carbons (Fsp3) is 0.316. The van der Waals surface area contributed by atoms with E-state index in [2.05, 4.69) is 20.9 Å². The van der Waals surface area contributed by atoms with Gasteiger partial charge in [0.05, 0.1) is 13.0 Å². The molecule has 1 aliphatic heterocycles. The molecule has 11 heteroatoms. The molecular weight excluding hydrogens is 418 g/mol. The van der Waals surface area contributed by atoms with Crippen LogP contribution in [-0.4, -0.2) is 32.9 Å². The third-order valence-electron chi connectivity index (χ3n) is 4.69. The lowest BCUT2D eigenvalue weighted by Crippen LogP contribution is -2.47. The van der Waals surface area contributed by atoms with Crippen molar-refractivity contribution in [1.29, 1.82) is 0 Å². The molecule has 1 fully saturated rings. The van der Waals surface area contributed by atoms with Crippen LogP contribution in [0.4, 0.5) is 14.5 Å². The number of nitrogens with one attached hydrogen (secondary N) is 4. The summed E-state index contributed by atoms with van der Waals surface area (Å²) in [5.74, 6) is -2.52. The predicted octanol–water partition coefficient (Wildman–Crippen LogP) is 1.47. The summed E-state index contributed by atoms with van der Waals surface area (Å²) in [6.45, 7) is 1.51. The van der Waals surface area contributed by atoms with Crippen LogP contribution < -0.4 is 25.6 Å². The van der Waals surface area contributed by atoms with E-state index in [0.29, 0.717) is 11.4 Å². The quantitative estimate of drug-likeness (QED) is 0.519. The maximum Gasteiger partial charge on any atom is 0.250 e. The Morgan fingerprint density at radius 2 is 1.73 bits per heavy atom. The molecule has 3 unspecified atom stereocenters. The molecular formula is C19H22F2N4O4S. The number of ether oxygens (including phenoxy) is 1. The maximum absolute atomic E-state index is 13.3. The van der Waals surface area contributed by atoms with Crippen molar-refractivity contribution in [3.05, 3.63) is 59.7 Å². The molecule has 0 bridgehead atoms. The number of hydrazine groups is 1. The molecule has 2 aromatic carbocycles. The first-order valence-electron chi connectivity index (χ1n) is 9.09. The van der Waals surface area contributed by atoms with Gasteiger partial charge in [-0.2, -0.15) is 0 Å². The molecule has 1 saturated heterocycles. The van der Waals surface area contributed by atoms with Gasteiger partial charge in [-0.05, 0) is 48.9 Å². The average Bonchev–Trinajstić information content (AvgIpc) is 3.08. The molecule has 1 heterocycles. The highest BCUT2D eigenvalue weighted by atomic mass is 32.2. The van der Waals surface area contributed by atoms with Crippen LogP contribution in [-0.2, 0) is 21.4 Å². The molecule has 4 N–H and O–H groups in total. The van der Waals surface area contributed by atoms with Crippen molar-refractivity contribution in [3.63, 3.8) is 0 Å². The normalized spacial score (nSPS) is 21.3. The number of halogens is 2. The van der Waals surface area contributed by atoms with Gasteiger partial charge in [-0.3, -0.25) is 14.9 Å². The van der Waals surface area contributed by atoms with E-state index < -0.39 is 44.9 Å². The van der Waals surface area contributed by atoms with Crippen molar-refractivity contribution in [3.8, 4) is 5.75 Å². The number of anilines is 1. The molecule has 3 rings (SSSR count). The van der Waals surface area contributed by atoms with Crippen molar-refractivity contribution in [1.82, 2.24) is 16.2 Å². The minimum atomic E-state index is -4.00. The average molecular weight is 440 g/mol. The third kappa shape index (κ3) is 5.04. The van der Waals surface area contributed by atoms with E-state index in [1.807, 2.05) is 0 Å². The lowest BCUT2D eigenvalue weighted by Gasteiger charge is -2.21. The molecule has 1 amide bonds. The van der Waals surface area contributed by atoms with Crippen molar-refractivity contribution in [2.24, 2.45) is 5.92 Å². The van der Waals surface area contributed by atoms with Gasteiger partial charge in [-0.15, -0.1) is 0 Å².